The fourth-order valence-corrected chi connectivity index (χ4v) is 2.55. The minimum absolute atomic E-state index is 0.185. The first kappa shape index (κ1) is 14.0. The zero-order chi connectivity index (χ0) is 14.0. The number of piperidine rings is 1. The molecule has 0 radical (unpaired) electrons. The lowest BCUT2D eigenvalue weighted by Crippen LogP contribution is -2.44. The van der Waals surface area contributed by atoms with E-state index in [-0.39, 0.29) is 11.5 Å². The van der Waals surface area contributed by atoms with Crippen LogP contribution in [-0.2, 0) is 0 Å². The molecule has 0 spiro atoms. The molecule has 0 saturated carbocycles. The van der Waals surface area contributed by atoms with Gasteiger partial charge in [-0.2, -0.15) is 0 Å². The maximum atomic E-state index is 13.8. The second-order valence-electron chi connectivity index (χ2n) is 5.47. The van der Waals surface area contributed by atoms with Crippen LogP contribution in [0.25, 0.3) is 0 Å². The summed E-state index contributed by atoms with van der Waals surface area (Å²) in [6.45, 7) is 3.23. The average molecular weight is 264 g/mol. The fourth-order valence-electron chi connectivity index (χ4n) is 2.55. The van der Waals surface area contributed by atoms with Gasteiger partial charge in [0, 0.05) is 19.1 Å². The highest BCUT2D eigenvalue weighted by Crippen LogP contribution is 2.18. The van der Waals surface area contributed by atoms with Crippen molar-refractivity contribution in [1.82, 2.24) is 9.80 Å². The summed E-state index contributed by atoms with van der Waals surface area (Å²) in [6, 6.07) is 5.31. The van der Waals surface area contributed by atoms with E-state index < -0.39 is 5.82 Å². The van der Waals surface area contributed by atoms with E-state index >= 15 is 0 Å². The van der Waals surface area contributed by atoms with E-state index in [2.05, 4.69) is 19.0 Å². The number of carbonyl (C=O) groups is 1. The van der Waals surface area contributed by atoms with Crippen LogP contribution in [0.4, 0.5) is 4.39 Å². The Labute approximate surface area is 114 Å². The van der Waals surface area contributed by atoms with Gasteiger partial charge in [-0.05, 0) is 51.6 Å². The van der Waals surface area contributed by atoms with Gasteiger partial charge < -0.3 is 9.80 Å². The molecule has 3 nitrogen and oxygen atoms in total. The first-order valence-electron chi connectivity index (χ1n) is 6.71. The van der Waals surface area contributed by atoms with Crippen molar-refractivity contribution in [2.24, 2.45) is 0 Å². The van der Waals surface area contributed by atoms with Crippen LogP contribution in [0.2, 0.25) is 0 Å². The van der Waals surface area contributed by atoms with E-state index in [1.54, 1.807) is 17.0 Å². The summed E-state index contributed by atoms with van der Waals surface area (Å²) in [5, 5.41) is 0. The quantitative estimate of drug-likeness (QED) is 0.818. The summed E-state index contributed by atoms with van der Waals surface area (Å²) in [5.41, 5.74) is 1.02. The highest BCUT2D eigenvalue weighted by molar-refractivity contribution is 5.94. The molecule has 104 valence electrons. The molecule has 0 aliphatic carbocycles. The number of amides is 1. The molecule has 0 bridgehead atoms. The number of rotatable bonds is 2. The molecule has 1 amide bonds. The molecular formula is C15H21FN2O. The van der Waals surface area contributed by atoms with Gasteiger partial charge in [0.2, 0.25) is 0 Å². The molecule has 0 aromatic heterocycles. The van der Waals surface area contributed by atoms with Crippen LogP contribution in [0, 0.1) is 12.7 Å². The van der Waals surface area contributed by atoms with Crippen molar-refractivity contribution < 1.29 is 9.18 Å². The number of hydrogen-bond acceptors (Lipinski definition) is 2. The van der Waals surface area contributed by atoms with Crippen molar-refractivity contribution in [3.63, 3.8) is 0 Å². The van der Waals surface area contributed by atoms with E-state index in [0.717, 1.165) is 18.4 Å². The Kier molecular flexibility index (Phi) is 4.20. The molecule has 2 rings (SSSR count). The Morgan fingerprint density at radius 3 is 2.47 bits per heavy atom. The molecule has 4 heteroatoms. The van der Waals surface area contributed by atoms with Gasteiger partial charge in [0.15, 0.2) is 0 Å². The standard InChI is InChI=1S/C15H21FN2O/c1-11-4-5-13(14(16)10-11)15(19)18-8-6-12(7-9-18)17(2)3/h4-5,10,12H,6-9H2,1-3H3. The van der Waals surface area contributed by atoms with Gasteiger partial charge in [0.05, 0.1) is 5.56 Å². The maximum Gasteiger partial charge on any atom is 0.256 e. The van der Waals surface area contributed by atoms with Gasteiger partial charge in [-0.3, -0.25) is 4.79 Å². The summed E-state index contributed by atoms with van der Waals surface area (Å²) in [6.07, 6.45) is 1.90. The number of likely N-dealkylation sites (tertiary alicyclic amines) is 1. The summed E-state index contributed by atoms with van der Waals surface area (Å²) >= 11 is 0. The second kappa shape index (κ2) is 5.70. The van der Waals surface area contributed by atoms with Gasteiger partial charge in [0.1, 0.15) is 5.82 Å². The predicted molar refractivity (Wildman–Crippen MR) is 73.7 cm³/mol. The van der Waals surface area contributed by atoms with Crippen LogP contribution < -0.4 is 0 Å². The number of aryl methyl sites for hydroxylation is 1. The molecule has 1 aromatic carbocycles. The summed E-state index contributed by atoms with van der Waals surface area (Å²) in [5.74, 6) is -0.602. The molecule has 1 aliphatic rings. The monoisotopic (exact) mass is 264 g/mol. The predicted octanol–water partition coefficient (Wildman–Crippen LogP) is 2.30. The first-order valence-corrected chi connectivity index (χ1v) is 6.71. The van der Waals surface area contributed by atoms with Gasteiger partial charge in [-0.25, -0.2) is 4.39 Å². The van der Waals surface area contributed by atoms with Crippen molar-refractivity contribution in [2.75, 3.05) is 27.2 Å². The van der Waals surface area contributed by atoms with Crippen LogP contribution in [0.5, 0.6) is 0 Å². The smallest absolute Gasteiger partial charge is 0.256 e. The molecule has 1 aliphatic heterocycles. The molecule has 0 N–H and O–H groups in total. The Balaban J connectivity index is 2.05. The van der Waals surface area contributed by atoms with Crippen LogP contribution >= 0.6 is 0 Å². The molecule has 1 fully saturated rings. The second-order valence-corrected chi connectivity index (χ2v) is 5.47. The Hall–Kier alpha value is -1.42. The van der Waals surface area contributed by atoms with Gasteiger partial charge in [-0.15, -0.1) is 0 Å². The third kappa shape index (κ3) is 3.13. The van der Waals surface area contributed by atoms with Gasteiger partial charge in [-0.1, -0.05) is 6.07 Å². The molecule has 1 heterocycles. The molecule has 0 unspecified atom stereocenters. The van der Waals surface area contributed by atoms with E-state index in [0.29, 0.717) is 19.1 Å². The minimum Gasteiger partial charge on any atom is -0.338 e. The Morgan fingerprint density at radius 2 is 1.95 bits per heavy atom. The SMILES string of the molecule is Cc1ccc(C(=O)N2CCC(N(C)C)CC2)c(F)c1. The van der Waals surface area contributed by atoms with Crippen LogP contribution in [-0.4, -0.2) is 48.9 Å². The van der Waals surface area contributed by atoms with Crippen LogP contribution in [0.1, 0.15) is 28.8 Å². The molecule has 1 aromatic rings. The minimum atomic E-state index is -0.417. The number of carbonyl (C=O) groups excluding carboxylic acids is 1. The Bertz CT molecular complexity index is 465. The van der Waals surface area contributed by atoms with E-state index in [9.17, 15) is 9.18 Å². The molecular weight excluding hydrogens is 243 g/mol. The maximum absolute atomic E-state index is 13.8. The van der Waals surface area contributed by atoms with Crippen molar-refractivity contribution in [3.8, 4) is 0 Å². The molecule has 19 heavy (non-hydrogen) atoms. The largest absolute Gasteiger partial charge is 0.338 e. The zero-order valence-electron chi connectivity index (χ0n) is 11.8. The molecule has 0 atom stereocenters. The number of nitrogens with zero attached hydrogens (tertiary/aromatic N) is 2. The lowest BCUT2D eigenvalue weighted by atomic mass is 10.0. The van der Waals surface area contributed by atoms with Crippen molar-refractivity contribution in [2.45, 2.75) is 25.8 Å². The zero-order valence-corrected chi connectivity index (χ0v) is 11.8. The third-order valence-corrected chi connectivity index (χ3v) is 3.84. The van der Waals surface area contributed by atoms with Crippen molar-refractivity contribution in [1.29, 1.82) is 0 Å². The topological polar surface area (TPSA) is 23.6 Å². The Morgan fingerprint density at radius 1 is 1.32 bits per heavy atom. The van der Waals surface area contributed by atoms with E-state index in [4.69, 9.17) is 0 Å². The molecule has 1 saturated heterocycles. The normalized spacial score (nSPS) is 17.0. The van der Waals surface area contributed by atoms with Crippen LogP contribution in [0.3, 0.4) is 0 Å². The fraction of sp³-hybridized carbons (Fsp3) is 0.533. The van der Waals surface area contributed by atoms with E-state index in [1.807, 2.05) is 6.92 Å². The summed E-state index contributed by atoms with van der Waals surface area (Å²) < 4.78 is 13.8. The van der Waals surface area contributed by atoms with Gasteiger partial charge in [0.25, 0.3) is 5.91 Å². The number of hydrogen-bond donors (Lipinski definition) is 0. The highest BCUT2D eigenvalue weighted by atomic mass is 19.1. The summed E-state index contributed by atoms with van der Waals surface area (Å²) in [7, 11) is 4.11. The average Bonchev–Trinajstić information content (AvgIpc) is 2.38. The number of halogens is 1. The lowest BCUT2D eigenvalue weighted by Gasteiger charge is -2.35. The van der Waals surface area contributed by atoms with Crippen LogP contribution in [0.15, 0.2) is 18.2 Å². The van der Waals surface area contributed by atoms with Crippen molar-refractivity contribution in [3.05, 3.63) is 35.1 Å². The summed E-state index contributed by atoms with van der Waals surface area (Å²) in [4.78, 5) is 16.2. The number of benzene rings is 1. The van der Waals surface area contributed by atoms with Gasteiger partial charge >= 0.3 is 0 Å². The third-order valence-electron chi connectivity index (χ3n) is 3.84. The highest BCUT2D eigenvalue weighted by Gasteiger charge is 2.25. The first-order chi connectivity index (χ1) is 8.99. The van der Waals surface area contributed by atoms with E-state index in [1.165, 1.54) is 6.07 Å². The lowest BCUT2D eigenvalue weighted by molar-refractivity contribution is 0.0658. The van der Waals surface area contributed by atoms with Crippen molar-refractivity contribution >= 4 is 5.91 Å².